The Hall–Kier alpha value is -2.27. The fraction of sp³-hybridized carbons (Fsp3) is 0. The molecule has 0 atom stereocenters. The second-order valence-corrected chi connectivity index (χ2v) is 7.74. The monoisotopic (exact) mass is 454 g/mol. The van der Waals surface area contributed by atoms with E-state index in [-0.39, 0.29) is 21.7 Å². The molecule has 1 amide bonds. The molecule has 1 heterocycles. The molecule has 0 aliphatic rings. The highest BCUT2D eigenvalue weighted by molar-refractivity contribution is 14.1. The van der Waals surface area contributed by atoms with Gasteiger partial charge >= 0.3 is 0 Å². The summed E-state index contributed by atoms with van der Waals surface area (Å²) >= 11 is 2.02. The second kappa shape index (κ2) is 6.32. The van der Waals surface area contributed by atoms with Gasteiger partial charge in [0, 0.05) is 16.0 Å². The van der Waals surface area contributed by atoms with Gasteiger partial charge in [-0.2, -0.15) is 0 Å². The maximum absolute atomic E-state index is 12.8. The van der Waals surface area contributed by atoms with Crippen LogP contribution in [0.25, 0.3) is 11.0 Å². The van der Waals surface area contributed by atoms with Crippen LogP contribution in [0.4, 0.5) is 5.69 Å². The summed E-state index contributed by atoms with van der Waals surface area (Å²) in [5.41, 5.74) is 6.23. The quantitative estimate of drug-likeness (QED) is 0.587. The van der Waals surface area contributed by atoms with Crippen molar-refractivity contribution in [1.29, 1.82) is 0 Å². The van der Waals surface area contributed by atoms with E-state index in [0.29, 0.717) is 5.52 Å². The van der Waals surface area contributed by atoms with Crippen molar-refractivity contribution in [1.82, 2.24) is 9.97 Å². The number of hydrogen-bond acceptors (Lipinski definition) is 5. The Bertz CT molecular complexity index is 1050. The van der Waals surface area contributed by atoms with Gasteiger partial charge in [-0.05, 0) is 52.9 Å². The number of anilines is 1. The van der Waals surface area contributed by atoms with Crippen molar-refractivity contribution in [2.45, 2.75) is 4.90 Å². The van der Waals surface area contributed by atoms with Gasteiger partial charge in [0.05, 0.1) is 16.8 Å². The van der Waals surface area contributed by atoms with E-state index in [0.717, 1.165) is 3.57 Å². The van der Waals surface area contributed by atoms with Crippen molar-refractivity contribution in [2.24, 2.45) is 5.73 Å². The number of benzene rings is 2. The van der Waals surface area contributed by atoms with Crippen LogP contribution in [0.5, 0.6) is 0 Å². The minimum absolute atomic E-state index is 0.0256. The van der Waals surface area contributed by atoms with Crippen molar-refractivity contribution in [3.05, 3.63) is 57.9 Å². The number of carbonyl (C=O) groups is 1. The molecular formula is C15H11IN4O3S. The lowest BCUT2D eigenvalue weighted by molar-refractivity contribution is 0.100. The molecule has 1 aromatic heterocycles. The number of halogens is 1. The van der Waals surface area contributed by atoms with Crippen LogP contribution in [0, 0.1) is 3.57 Å². The topological polar surface area (TPSA) is 115 Å². The number of fused-ring (bicyclic) bond motifs is 1. The summed E-state index contributed by atoms with van der Waals surface area (Å²) in [5, 5.41) is 0. The Morgan fingerprint density at radius 3 is 2.62 bits per heavy atom. The highest BCUT2D eigenvalue weighted by Gasteiger charge is 2.21. The van der Waals surface area contributed by atoms with Gasteiger partial charge in [0.15, 0.2) is 0 Å². The van der Waals surface area contributed by atoms with E-state index in [1.807, 2.05) is 22.6 Å². The number of para-hydroxylation sites is 1. The number of sulfonamides is 1. The molecule has 0 fully saturated rings. The first kappa shape index (κ1) is 16.6. The predicted molar refractivity (Wildman–Crippen MR) is 98.0 cm³/mol. The first-order chi connectivity index (χ1) is 11.4. The van der Waals surface area contributed by atoms with Crippen LogP contribution in [-0.2, 0) is 10.0 Å². The molecule has 0 saturated carbocycles. The number of carbonyl (C=O) groups excluding carboxylic acids is 1. The molecule has 122 valence electrons. The van der Waals surface area contributed by atoms with Gasteiger partial charge in [0.25, 0.3) is 15.9 Å². The van der Waals surface area contributed by atoms with Gasteiger partial charge in [-0.3, -0.25) is 19.5 Å². The van der Waals surface area contributed by atoms with E-state index in [2.05, 4.69) is 14.7 Å². The van der Waals surface area contributed by atoms with E-state index >= 15 is 0 Å². The van der Waals surface area contributed by atoms with Crippen molar-refractivity contribution in [3.8, 4) is 0 Å². The zero-order valence-electron chi connectivity index (χ0n) is 12.1. The molecule has 3 rings (SSSR count). The van der Waals surface area contributed by atoms with Gasteiger partial charge in [-0.15, -0.1) is 0 Å². The van der Waals surface area contributed by atoms with Gasteiger partial charge in [-0.1, -0.05) is 6.07 Å². The molecule has 24 heavy (non-hydrogen) atoms. The first-order valence-corrected chi connectivity index (χ1v) is 9.26. The number of rotatable bonds is 4. The van der Waals surface area contributed by atoms with Crippen LogP contribution in [0.15, 0.2) is 53.7 Å². The van der Waals surface area contributed by atoms with Crippen molar-refractivity contribution >= 4 is 55.2 Å². The average Bonchev–Trinajstić information content (AvgIpc) is 2.53. The number of amides is 1. The lowest BCUT2D eigenvalue weighted by Crippen LogP contribution is -2.19. The summed E-state index contributed by atoms with van der Waals surface area (Å²) in [6.45, 7) is 0. The minimum Gasteiger partial charge on any atom is -0.366 e. The average molecular weight is 454 g/mol. The van der Waals surface area contributed by atoms with Crippen LogP contribution in [-0.4, -0.2) is 24.3 Å². The summed E-state index contributed by atoms with van der Waals surface area (Å²) in [4.78, 5) is 19.7. The van der Waals surface area contributed by atoms with Crippen molar-refractivity contribution in [2.75, 3.05) is 4.72 Å². The number of hydrogen-bond donors (Lipinski definition) is 2. The number of nitrogens with two attached hydrogens (primary N) is 1. The van der Waals surface area contributed by atoms with E-state index in [4.69, 9.17) is 5.73 Å². The number of aromatic nitrogens is 2. The molecular weight excluding hydrogens is 443 g/mol. The highest BCUT2D eigenvalue weighted by atomic mass is 127. The fourth-order valence-electron chi connectivity index (χ4n) is 2.20. The summed E-state index contributed by atoms with van der Waals surface area (Å²) < 4.78 is 28.7. The molecule has 0 aliphatic heterocycles. The van der Waals surface area contributed by atoms with Crippen LogP contribution >= 0.6 is 22.6 Å². The molecule has 0 unspecified atom stereocenters. The Labute approximate surface area is 151 Å². The largest absolute Gasteiger partial charge is 0.366 e. The lowest BCUT2D eigenvalue weighted by atomic mass is 10.2. The van der Waals surface area contributed by atoms with Gasteiger partial charge in [0.1, 0.15) is 10.4 Å². The van der Waals surface area contributed by atoms with Crippen LogP contribution in [0.2, 0.25) is 0 Å². The lowest BCUT2D eigenvalue weighted by Gasteiger charge is -2.12. The third kappa shape index (κ3) is 3.17. The second-order valence-electron chi connectivity index (χ2n) is 4.84. The highest BCUT2D eigenvalue weighted by Crippen LogP contribution is 2.25. The molecule has 9 heteroatoms. The maximum Gasteiger partial charge on any atom is 0.264 e. The zero-order valence-corrected chi connectivity index (χ0v) is 15.1. The smallest absolute Gasteiger partial charge is 0.264 e. The van der Waals surface area contributed by atoms with E-state index in [9.17, 15) is 13.2 Å². The molecule has 7 nitrogen and oxygen atoms in total. The number of nitrogens with zero attached hydrogens (tertiary/aromatic N) is 2. The summed E-state index contributed by atoms with van der Waals surface area (Å²) in [6.07, 6.45) is 2.90. The van der Waals surface area contributed by atoms with E-state index in [1.54, 1.807) is 18.2 Å². The predicted octanol–water partition coefficient (Wildman–Crippen LogP) is 2.13. The van der Waals surface area contributed by atoms with Crippen LogP contribution in [0.1, 0.15) is 10.4 Å². The zero-order chi connectivity index (χ0) is 17.3. The van der Waals surface area contributed by atoms with Gasteiger partial charge < -0.3 is 5.73 Å². The standard InChI is InChI=1S/C15H11IN4O3S/c16-9-4-5-10(15(17)21)12(8-9)20-24(22,23)13-3-1-2-11-14(13)19-7-6-18-11/h1-8,20H,(H2,17,21). The van der Waals surface area contributed by atoms with Gasteiger partial charge in [0.2, 0.25) is 0 Å². The van der Waals surface area contributed by atoms with Crippen LogP contribution in [0.3, 0.4) is 0 Å². The first-order valence-electron chi connectivity index (χ1n) is 6.70. The Morgan fingerprint density at radius 1 is 1.12 bits per heavy atom. The Balaban J connectivity index is 2.13. The van der Waals surface area contributed by atoms with Crippen molar-refractivity contribution < 1.29 is 13.2 Å². The normalized spacial score (nSPS) is 11.4. The molecule has 0 bridgehead atoms. The summed E-state index contributed by atoms with van der Waals surface area (Å²) in [6, 6.07) is 9.36. The molecule has 2 aromatic carbocycles. The molecule has 0 saturated heterocycles. The van der Waals surface area contributed by atoms with E-state index in [1.165, 1.54) is 30.6 Å². The van der Waals surface area contributed by atoms with Crippen LogP contribution < -0.4 is 10.5 Å². The third-order valence-corrected chi connectivity index (χ3v) is 5.31. The summed E-state index contributed by atoms with van der Waals surface area (Å²) in [5.74, 6) is -0.721. The molecule has 3 N–H and O–H groups in total. The summed E-state index contributed by atoms with van der Waals surface area (Å²) in [7, 11) is -3.98. The van der Waals surface area contributed by atoms with E-state index < -0.39 is 15.9 Å². The Kier molecular flexibility index (Phi) is 4.37. The molecule has 0 radical (unpaired) electrons. The third-order valence-electron chi connectivity index (χ3n) is 3.24. The molecule has 0 aliphatic carbocycles. The Morgan fingerprint density at radius 2 is 1.88 bits per heavy atom. The SMILES string of the molecule is NC(=O)c1ccc(I)cc1NS(=O)(=O)c1cccc2nccnc12. The minimum atomic E-state index is -3.98. The number of primary amides is 1. The maximum atomic E-state index is 12.8. The molecule has 3 aromatic rings. The molecule has 0 spiro atoms. The number of nitrogens with one attached hydrogen (secondary N) is 1. The van der Waals surface area contributed by atoms with Gasteiger partial charge in [-0.25, -0.2) is 8.42 Å². The van der Waals surface area contributed by atoms with Crippen molar-refractivity contribution in [3.63, 3.8) is 0 Å². The fourth-order valence-corrected chi connectivity index (χ4v) is 3.93.